The van der Waals surface area contributed by atoms with Crippen LogP contribution in [0.1, 0.15) is 65.2 Å². The van der Waals surface area contributed by atoms with Crippen molar-refractivity contribution in [3.05, 3.63) is 0 Å². The molecule has 0 spiro atoms. The molecule has 2 N–H and O–H groups in total. The van der Waals surface area contributed by atoms with Gasteiger partial charge in [0.2, 0.25) is 0 Å². The minimum atomic E-state index is -0.792. The number of hydrogen-bond acceptors (Lipinski definition) is 2. The molecule has 16 heavy (non-hydrogen) atoms. The van der Waals surface area contributed by atoms with Crippen molar-refractivity contribution in [2.75, 3.05) is 0 Å². The first-order valence-electron chi connectivity index (χ1n) is 6.90. The van der Waals surface area contributed by atoms with E-state index in [1.54, 1.807) is 0 Å². The molecule has 0 amide bonds. The SMILES string of the molecule is CC1CCC(O)(C2(O)CCC(C)CC2)CC1. The summed E-state index contributed by atoms with van der Waals surface area (Å²) in [5.74, 6) is 1.43. The fraction of sp³-hybridized carbons (Fsp3) is 1.00. The molecule has 2 nitrogen and oxygen atoms in total. The highest BCUT2D eigenvalue weighted by atomic mass is 16.4. The fourth-order valence-electron chi connectivity index (χ4n) is 3.41. The van der Waals surface area contributed by atoms with E-state index in [0.29, 0.717) is 11.8 Å². The predicted molar refractivity (Wildman–Crippen MR) is 65.2 cm³/mol. The summed E-state index contributed by atoms with van der Waals surface area (Å²) in [4.78, 5) is 0. The van der Waals surface area contributed by atoms with E-state index >= 15 is 0 Å². The number of hydrogen-bond donors (Lipinski definition) is 2. The largest absolute Gasteiger partial charge is 0.387 e. The standard InChI is InChI=1S/C14H26O2/c1-11-3-7-13(15,8-4-11)14(16)9-5-12(2)6-10-14/h11-12,15-16H,3-10H2,1-2H3. The second-order valence-electron chi connectivity index (χ2n) is 6.43. The Labute approximate surface area is 99.1 Å². The third-order valence-corrected chi connectivity index (χ3v) is 5.07. The van der Waals surface area contributed by atoms with Gasteiger partial charge in [0.05, 0.1) is 11.2 Å². The molecule has 2 fully saturated rings. The van der Waals surface area contributed by atoms with Crippen LogP contribution in [0.4, 0.5) is 0 Å². The van der Waals surface area contributed by atoms with Crippen LogP contribution in [0.25, 0.3) is 0 Å². The van der Waals surface area contributed by atoms with Gasteiger partial charge >= 0.3 is 0 Å². The summed E-state index contributed by atoms with van der Waals surface area (Å²) in [6.45, 7) is 4.49. The van der Waals surface area contributed by atoms with Crippen molar-refractivity contribution in [3.8, 4) is 0 Å². The van der Waals surface area contributed by atoms with Crippen LogP contribution in [0.5, 0.6) is 0 Å². The minimum Gasteiger partial charge on any atom is -0.387 e. The lowest BCUT2D eigenvalue weighted by Crippen LogP contribution is -2.57. The zero-order chi connectivity index (χ0) is 11.8. The zero-order valence-corrected chi connectivity index (χ0v) is 10.7. The molecule has 0 aliphatic heterocycles. The molecule has 0 aromatic rings. The Balaban J connectivity index is 2.04. The maximum absolute atomic E-state index is 10.7. The third kappa shape index (κ3) is 2.14. The van der Waals surface area contributed by atoms with Gasteiger partial charge in [-0.2, -0.15) is 0 Å². The molecule has 2 saturated carbocycles. The van der Waals surface area contributed by atoms with E-state index in [2.05, 4.69) is 13.8 Å². The first-order valence-corrected chi connectivity index (χ1v) is 6.90. The van der Waals surface area contributed by atoms with Gasteiger partial charge in [-0.1, -0.05) is 13.8 Å². The second-order valence-corrected chi connectivity index (χ2v) is 6.43. The van der Waals surface area contributed by atoms with Crippen LogP contribution in [0.15, 0.2) is 0 Å². The summed E-state index contributed by atoms with van der Waals surface area (Å²) in [5, 5.41) is 21.4. The van der Waals surface area contributed by atoms with Crippen LogP contribution in [0, 0.1) is 11.8 Å². The van der Waals surface area contributed by atoms with Gasteiger partial charge in [-0.05, 0) is 63.2 Å². The van der Waals surface area contributed by atoms with E-state index in [0.717, 1.165) is 51.4 Å². The lowest BCUT2D eigenvalue weighted by molar-refractivity contribution is -0.189. The van der Waals surface area contributed by atoms with E-state index in [4.69, 9.17) is 0 Å². The van der Waals surface area contributed by atoms with Crippen molar-refractivity contribution in [3.63, 3.8) is 0 Å². The van der Waals surface area contributed by atoms with Crippen molar-refractivity contribution in [2.24, 2.45) is 11.8 Å². The summed E-state index contributed by atoms with van der Waals surface area (Å²) < 4.78 is 0. The van der Waals surface area contributed by atoms with Crippen molar-refractivity contribution in [2.45, 2.75) is 76.4 Å². The Morgan fingerprint density at radius 2 is 0.938 bits per heavy atom. The normalized spacial score (nSPS) is 50.2. The molecule has 94 valence electrons. The second kappa shape index (κ2) is 4.30. The third-order valence-electron chi connectivity index (χ3n) is 5.07. The van der Waals surface area contributed by atoms with Crippen LogP contribution in [0.2, 0.25) is 0 Å². The van der Waals surface area contributed by atoms with E-state index in [1.165, 1.54) is 0 Å². The molecule has 2 aliphatic rings. The maximum Gasteiger partial charge on any atom is 0.0933 e. The summed E-state index contributed by atoms with van der Waals surface area (Å²) in [6.07, 6.45) is 7.42. The van der Waals surface area contributed by atoms with Gasteiger partial charge in [0.15, 0.2) is 0 Å². The van der Waals surface area contributed by atoms with Gasteiger partial charge in [0, 0.05) is 0 Å². The van der Waals surface area contributed by atoms with Crippen LogP contribution >= 0.6 is 0 Å². The highest BCUT2D eigenvalue weighted by Crippen LogP contribution is 2.46. The Morgan fingerprint density at radius 3 is 1.19 bits per heavy atom. The molecule has 2 rings (SSSR count). The van der Waals surface area contributed by atoms with Crippen molar-refractivity contribution in [1.82, 2.24) is 0 Å². The Bertz CT molecular complexity index is 207. The highest BCUT2D eigenvalue weighted by molar-refractivity contribution is 5.03. The first kappa shape index (κ1) is 12.4. The van der Waals surface area contributed by atoms with Gasteiger partial charge in [0.25, 0.3) is 0 Å². The minimum absolute atomic E-state index is 0.714. The van der Waals surface area contributed by atoms with E-state index in [1.807, 2.05) is 0 Å². The average molecular weight is 226 g/mol. The molecular formula is C14H26O2. The average Bonchev–Trinajstić information content (AvgIpc) is 2.27. The molecule has 0 atom stereocenters. The molecule has 0 bridgehead atoms. The Kier molecular flexibility index (Phi) is 3.33. The van der Waals surface area contributed by atoms with Gasteiger partial charge < -0.3 is 10.2 Å². The molecule has 0 unspecified atom stereocenters. The molecule has 0 saturated heterocycles. The Morgan fingerprint density at radius 1 is 0.688 bits per heavy atom. The van der Waals surface area contributed by atoms with Gasteiger partial charge in [0.1, 0.15) is 0 Å². The van der Waals surface area contributed by atoms with E-state index < -0.39 is 11.2 Å². The lowest BCUT2D eigenvalue weighted by Gasteiger charge is -2.49. The predicted octanol–water partition coefficient (Wildman–Crippen LogP) is 2.87. The van der Waals surface area contributed by atoms with Gasteiger partial charge in [-0.25, -0.2) is 0 Å². The summed E-state index contributed by atoms with van der Waals surface area (Å²) in [6, 6.07) is 0. The summed E-state index contributed by atoms with van der Waals surface area (Å²) in [7, 11) is 0. The van der Waals surface area contributed by atoms with Crippen LogP contribution < -0.4 is 0 Å². The van der Waals surface area contributed by atoms with Gasteiger partial charge in [-0.15, -0.1) is 0 Å². The summed E-state index contributed by atoms with van der Waals surface area (Å²) >= 11 is 0. The summed E-state index contributed by atoms with van der Waals surface area (Å²) in [5.41, 5.74) is -1.58. The quantitative estimate of drug-likeness (QED) is 0.722. The molecule has 2 heteroatoms. The van der Waals surface area contributed by atoms with Crippen LogP contribution in [-0.2, 0) is 0 Å². The maximum atomic E-state index is 10.7. The van der Waals surface area contributed by atoms with E-state index in [-0.39, 0.29) is 0 Å². The van der Waals surface area contributed by atoms with Crippen LogP contribution in [0.3, 0.4) is 0 Å². The van der Waals surface area contributed by atoms with Crippen molar-refractivity contribution in [1.29, 1.82) is 0 Å². The zero-order valence-electron chi connectivity index (χ0n) is 10.7. The fourth-order valence-corrected chi connectivity index (χ4v) is 3.41. The number of rotatable bonds is 1. The first-order chi connectivity index (χ1) is 7.45. The molecule has 0 heterocycles. The highest BCUT2D eigenvalue weighted by Gasteiger charge is 2.50. The topological polar surface area (TPSA) is 40.5 Å². The molecule has 0 aromatic carbocycles. The molecular weight excluding hydrogens is 200 g/mol. The molecule has 0 aromatic heterocycles. The van der Waals surface area contributed by atoms with Gasteiger partial charge in [-0.3, -0.25) is 0 Å². The monoisotopic (exact) mass is 226 g/mol. The molecule has 2 aliphatic carbocycles. The number of aliphatic hydroxyl groups is 2. The Hall–Kier alpha value is -0.0800. The van der Waals surface area contributed by atoms with Crippen molar-refractivity contribution < 1.29 is 10.2 Å². The van der Waals surface area contributed by atoms with Crippen molar-refractivity contribution >= 4 is 0 Å². The van der Waals surface area contributed by atoms with E-state index in [9.17, 15) is 10.2 Å². The molecule has 0 radical (unpaired) electrons. The van der Waals surface area contributed by atoms with Crippen LogP contribution in [-0.4, -0.2) is 21.4 Å². The lowest BCUT2D eigenvalue weighted by atomic mass is 9.64. The smallest absolute Gasteiger partial charge is 0.0933 e.